The highest BCUT2D eigenvalue weighted by Crippen LogP contribution is 2.44. The molecule has 102 valence electrons. The molecule has 2 heterocycles. The van der Waals surface area contributed by atoms with Gasteiger partial charge in [-0.25, -0.2) is 9.97 Å². The number of hydrogen-bond donors (Lipinski definition) is 1. The number of nitrogens with two attached hydrogens (primary N) is 1. The Morgan fingerprint density at radius 2 is 2.00 bits per heavy atom. The minimum absolute atomic E-state index is 0.0498. The Bertz CT molecular complexity index is 610. The van der Waals surface area contributed by atoms with Gasteiger partial charge < -0.3 is 14.9 Å². The maximum absolute atomic E-state index is 6.38. The van der Waals surface area contributed by atoms with Gasteiger partial charge >= 0.3 is 0 Å². The molecule has 0 saturated heterocycles. The van der Waals surface area contributed by atoms with E-state index < -0.39 is 0 Å². The SMILES string of the molecule is Cn1cncc1-c1nc(C2CC2)n(C(C)(C)C)c1N. The van der Waals surface area contributed by atoms with Gasteiger partial charge in [0.1, 0.15) is 17.3 Å². The topological polar surface area (TPSA) is 61.7 Å². The molecule has 5 heteroatoms. The zero-order valence-corrected chi connectivity index (χ0v) is 12.0. The third-order valence-corrected chi connectivity index (χ3v) is 3.61. The molecule has 0 unspecified atom stereocenters. The van der Waals surface area contributed by atoms with Crippen LogP contribution in [0.4, 0.5) is 5.82 Å². The average Bonchev–Trinajstić information content (AvgIpc) is 2.97. The molecule has 2 aromatic rings. The van der Waals surface area contributed by atoms with Crippen LogP contribution < -0.4 is 5.73 Å². The van der Waals surface area contributed by atoms with Crippen molar-refractivity contribution < 1.29 is 0 Å². The molecule has 5 nitrogen and oxygen atoms in total. The van der Waals surface area contributed by atoms with E-state index in [1.807, 2.05) is 17.8 Å². The summed E-state index contributed by atoms with van der Waals surface area (Å²) in [7, 11) is 1.97. The minimum atomic E-state index is -0.0498. The van der Waals surface area contributed by atoms with E-state index in [-0.39, 0.29) is 5.54 Å². The number of anilines is 1. The molecule has 0 aliphatic heterocycles. The third-order valence-electron chi connectivity index (χ3n) is 3.61. The second-order valence-corrected chi connectivity index (χ2v) is 6.37. The van der Waals surface area contributed by atoms with Crippen molar-refractivity contribution >= 4 is 5.82 Å². The molecule has 0 spiro atoms. The molecule has 2 N–H and O–H groups in total. The van der Waals surface area contributed by atoms with Crippen LogP contribution in [-0.4, -0.2) is 19.1 Å². The highest BCUT2D eigenvalue weighted by molar-refractivity contribution is 5.68. The lowest BCUT2D eigenvalue weighted by Gasteiger charge is -2.25. The van der Waals surface area contributed by atoms with Crippen molar-refractivity contribution in [2.24, 2.45) is 7.05 Å². The molecule has 3 rings (SSSR count). The van der Waals surface area contributed by atoms with Gasteiger partial charge in [0.25, 0.3) is 0 Å². The lowest BCUT2D eigenvalue weighted by Crippen LogP contribution is -2.25. The summed E-state index contributed by atoms with van der Waals surface area (Å²) >= 11 is 0. The molecule has 1 aliphatic rings. The summed E-state index contributed by atoms with van der Waals surface area (Å²) in [5, 5.41) is 0. The number of nitrogen functional groups attached to an aromatic ring is 1. The Balaban J connectivity index is 2.20. The van der Waals surface area contributed by atoms with Crippen LogP contribution in [0.25, 0.3) is 11.4 Å². The van der Waals surface area contributed by atoms with Gasteiger partial charge in [0.05, 0.1) is 18.2 Å². The molecule has 0 amide bonds. The van der Waals surface area contributed by atoms with E-state index in [0.29, 0.717) is 5.92 Å². The molecular weight excluding hydrogens is 238 g/mol. The summed E-state index contributed by atoms with van der Waals surface area (Å²) in [4.78, 5) is 8.98. The maximum Gasteiger partial charge on any atom is 0.133 e. The summed E-state index contributed by atoms with van der Waals surface area (Å²) in [6.45, 7) is 6.51. The van der Waals surface area contributed by atoms with Gasteiger partial charge in [-0.15, -0.1) is 0 Å². The van der Waals surface area contributed by atoms with Gasteiger partial charge in [0.2, 0.25) is 0 Å². The Morgan fingerprint density at radius 1 is 1.32 bits per heavy atom. The lowest BCUT2D eigenvalue weighted by atomic mass is 10.1. The van der Waals surface area contributed by atoms with Gasteiger partial charge in [-0.1, -0.05) is 0 Å². The van der Waals surface area contributed by atoms with Gasteiger partial charge in [0, 0.05) is 18.5 Å². The van der Waals surface area contributed by atoms with Gasteiger partial charge in [-0.2, -0.15) is 0 Å². The summed E-state index contributed by atoms with van der Waals surface area (Å²) in [6.07, 6.45) is 6.04. The summed E-state index contributed by atoms with van der Waals surface area (Å²) in [6, 6.07) is 0. The molecule has 0 aromatic carbocycles. The predicted octanol–water partition coefficient (Wildman–Crippen LogP) is 2.50. The van der Waals surface area contributed by atoms with Crippen molar-refractivity contribution in [2.75, 3.05) is 5.73 Å². The third kappa shape index (κ3) is 1.93. The lowest BCUT2D eigenvalue weighted by molar-refractivity contribution is 0.388. The van der Waals surface area contributed by atoms with Crippen LogP contribution in [0.2, 0.25) is 0 Å². The second kappa shape index (κ2) is 3.85. The molecule has 1 saturated carbocycles. The Morgan fingerprint density at radius 3 is 2.47 bits per heavy atom. The largest absolute Gasteiger partial charge is 0.383 e. The van der Waals surface area contributed by atoms with Crippen LogP contribution in [0.1, 0.15) is 45.4 Å². The fourth-order valence-corrected chi connectivity index (χ4v) is 2.55. The Kier molecular flexibility index (Phi) is 2.49. The van der Waals surface area contributed by atoms with Crippen LogP contribution in [-0.2, 0) is 12.6 Å². The van der Waals surface area contributed by atoms with Gasteiger partial charge in [-0.3, -0.25) is 0 Å². The molecule has 0 atom stereocenters. The van der Waals surface area contributed by atoms with Crippen LogP contribution >= 0.6 is 0 Å². The minimum Gasteiger partial charge on any atom is -0.383 e. The zero-order valence-electron chi connectivity index (χ0n) is 12.0. The van der Waals surface area contributed by atoms with Crippen LogP contribution in [0, 0.1) is 0 Å². The average molecular weight is 259 g/mol. The quantitative estimate of drug-likeness (QED) is 0.901. The Labute approximate surface area is 113 Å². The smallest absolute Gasteiger partial charge is 0.133 e. The first kappa shape index (κ1) is 12.3. The summed E-state index contributed by atoms with van der Waals surface area (Å²) < 4.78 is 4.15. The van der Waals surface area contributed by atoms with E-state index in [4.69, 9.17) is 10.7 Å². The zero-order chi connectivity index (χ0) is 13.8. The Hall–Kier alpha value is -1.78. The highest BCUT2D eigenvalue weighted by Gasteiger charge is 2.34. The standard InChI is InChI=1S/C14H21N5/c1-14(2,3)19-12(15)11(10-7-16-8-18(10)4)17-13(19)9-5-6-9/h7-9H,5-6,15H2,1-4H3. The van der Waals surface area contributed by atoms with E-state index in [0.717, 1.165) is 23.0 Å². The van der Waals surface area contributed by atoms with Gasteiger partial charge in [-0.05, 0) is 33.6 Å². The maximum atomic E-state index is 6.38. The number of imidazole rings is 2. The number of hydrogen-bond acceptors (Lipinski definition) is 3. The van der Waals surface area contributed by atoms with Crippen molar-refractivity contribution in [1.82, 2.24) is 19.1 Å². The first-order valence-corrected chi connectivity index (χ1v) is 6.75. The van der Waals surface area contributed by atoms with Crippen molar-refractivity contribution in [1.29, 1.82) is 0 Å². The molecule has 0 radical (unpaired) electrons. The fraction of sp³-hybridized carbons (Fsp3) is 0.571. The predicted molar refractivity (Wildman–Crippen MR) is 75.8 cm³/mol. The molecule has 1 aliphatic carbocycles. The monoisotopic (exact) mass is 259 g/mol. The van der Waals surface area contributed by atoms with Crippen LogP contribution in [0.5, 0.6) is 0 Å². The van der Waals surface area contributed by atoms with Crippen molar-refractivity contribution in [3.63, 3.8) is 0 Å². The van der Waals surface area contributed by atoms with E-state index in [1.54, 1.807) is 6.33 Å². The van der Waals surface area contributed by atoms with Crippen molar-refractivity contribution in [3.8, 4) is 11.4 Å². The molecule has 2 aromatic heterocycles. The summed E-state index contributed by atoms with van der Waals surface area (Å²) in [5.74, 6) is 2.45. The fourth-order valence-electron chi connectivity index (χ4n) is 2.55. The molecular formula is C14H21N5. The first-order valence-electron chi connectivity index (χ1n) is 6.75. The number of aromatic nitrogens is 4. The molecule has 0 bridgehead atoms. The van der Waals surface area contributed by atoms with E-state index >= 15 is 0 Å². The second-order valence-electron chi connectivity index (χ2n) is 6.37. The number of rotatable bonds is 2. The van der Waals surface area contributed by atoms with Crippen molar-refractivity contribution in [3.05, 3.63) is 18.3 Å². The highest BCUT2D eigenvalue weighted by atomic mass is 15.2. The number of aryl methyl sites for hydroxylation is 1. The number of nitrogens with zero attached hydrogens (tertiary/aromatic N) is 4. The van der Waals surface area contributed by atoms with Crippen molar-refractivity contribution in [2.45, 2.75) is 45.1 Å². The van der Waals surface area contributed by atoms with Crippen LogP contribution in [0.15, 0.2) is 12.5 Å². The molecule has 1 fully saturated rings. The normalized spacial score (nSPS) is 16.0. The van der Waals surface area contributed by atoms with E-state index in [2.05, 4.69) is 30.3 Å². The van der Waals surface area contributed by atoms with Gasteiger partial charge in [0.15, 0.2) is 0 Å². The van der Waals surface area contributed by atoms with E-state index in [9.17, 15) is 0 Å². The van der Waals surface area contributed by atoms with E-state index in [1.165, 1.54) is 12.8 Å². The molecule has 19 heavy (non-hydrogen) atoms. The van der Waals surface area contributed by atoms with Crippen LogP contribution in [0.3, 0.4) is 0 Å². The summed E-state index contributed by atoms with van der Waals surface area (Å²) in [5.41, 5.74) is 8.16. The first-order chi connectivity index (χ1) is 8.89.